The van der Waals surface area contributed by atoms with Crippen LogP contribution in [0, 0.1) is 26.6 Å². The van der Waals surface area contributed by atoms with Crippen LogP contribution in [0.3, 0.4) is 0 Å². The number of nitrogens with two attached hydrogens (primary N) is 1. The number of halogens is 1. The Labute approximate surface area is 155 Å². The Morgan fingerprint density at radius 1 is 1.19 bits per heavy atom. The fraction of sp³-hybridized carbons (Fsp3) is 0.333. The number of primary amides is 1. The van der Waals surface area contributed by atoms with E-state index in [1.54, 1.807) is 13.0 Å². The molecule has 1 heterocycles. The van der Waals surface area contributed by atoms with Gasteiger partial charge in [0.25, 0.3) is 0 Å². The van der Waals surface area contributed by atoms with Gasteiger partial charge in [-0.1, -0.05) is 17.8 Å². The summed E-state index contributed by atoms with van der Waals surface area (Å²) in [5.74, 6) is -0.907. The summed E-state index contributed by atoms with van der Waals surface area (Å²) in [4.78, 5) is 31.8. The molecule has 0 spiro atoms. The fourth-order valence-electron chi connectivity index (χ4n) is 2.45. The Kier molecular flexibility index (Phi) is 6.68. The summed E-state index contributed by atoms with van der Waals surface area (Å²) >= 11 is 1.18. The van der Waals surface area contributed by atoms with E-state index in [2.05, 4.69) is 15.3 Å². The Hall–Kier alpha value is -2.48. The normalized spacial score (nSPS) is 10.6. The molecule has 6 nitrogen and oxygen atoms in total. The van der Waals surface area contributed by atoms with E-state index in [4.69, 9.17) is 5.73 Å². The minimum atomic E-state index is -0.428. The zero-order chi connectivity index (χ0) is 19.3. The van der Waals surface area contributed by atoms with Gasteiger partial charge in [-0.25, -0.2) is 14.4 Å². The summed E-state index contributed by atoms with van der Waals surface area (Å²) in [6.07, 6.45) is 0.702. The number of nitrogens with zero attached hydrogens (tertiary/aromatic N) is 2. The highest BCUT2D eigenvalue weighted by Crippen LogP contribution is 2.20. The van der Waals surface area contributed by atoms with Gasteiger partial charge in [0.1, 0.15) is 5.82 Å². The lowest BCUT2D eigenvalue weighted by Crippen LogP contribution is -2.15. The Bertz CT molecular complexity index is 819. The molecule has 0 atom stereocenters. The number of benzene rings is 1. The molecule has 0 radical (unpaired) electrons. The average Bonchev–Trinajstić information content (AvgIpc) is 2.55. The first-order chi connectivity index (χ1) is 12.3. The van der Waals surface area contributed by atoms with Gasteiger partial charge >= 0.3 is 0 Å². The van der Waals surface area contributed by atoms with Crippen molar-refractivity contribution in [3.8, 4) is 0 Å². The average molecular weight is 376 g/mol. The summed E-state index contributed by atoms with van der Waals surface area (Å²) in [7, 11) is 0. The Balaban J connectivity index is 2.01. The van der Waals surface area contributed by atoms with Crippen molar-refractivity contribution in [2.45, 2.75) is 38.8 Å². The second-order valence-electron chi connectivity index (χ2n) is 5.92. The van der Waals surface area contributed by atoms with Crippen LogP contribution in [0.2, 0.25) is 0 Å². The molecule has 1 aromatic carbocycles. The SMILES string of the molecule is Cc1ccc(F)cc1NC(=O)CCc1c(C)nc(SCC(N)=O)nc1C. The third-order valence-corrected chi connectivity index (χ3v) is 4.69. The predicted molar refractivity (Wildman–Crippen MR) is 99.5 cm³/mol. The van der Waals surface area contributed by atoms with Crippen LogP contribution in [-0.4, -0.2) is 27.5 Å². The van der Waals surface area contributed by atoms with Crippen molar-refractivity contribution in [3.63, 3.8) is 0 Å². The van der Waals surface area contributed by atoms with Crippen molar-refractivity contribution in [1.82, 2.24) is 9.97 Å². The van der Waals surface area contributed by atoms with Crippen LogP contribution in [0.1, 0.15) is 28.9 Å². The van der Waals surface area contributed by atoms with Crippen molar-refractivity contribution in [2.75, 3.05) is 11.1 Å². The smallest absolute Gasteiger partial charge is 0.227 e. The van der Waals surface area contributed by atoms with Crippen LogP contribution in [-0.2, 0) is 16.0 Å². The highest BCUT2D eigenvalue weighted by molar-refractivity contribution is 7.99. The number of anilines is 1. The fourth-order valence-corrected chi connectivity index (χ4v) is 3.13. The van der Waals surface area contributed by atoms with Gasteiger partial charge in [-0.3, -0.25) is 9.59 Å². The highest BCUT2D eigenvalue weighted by Gasteiger charge is 2.12. The molecule has 0 saturated carbocycles. The second kappa shape index (κ2) is 8.75. The molecule has 0 saturated heterocycles. The maximum absolute atomic E-state index is 13.3. The lowest BCUT2D eigenvalue weighted by atomic mass is 10.1. The van der Waals surface area contributed by atoms with Gasteiger partial charge in [0.15, 0.2) is 5.16 Å². The van der Waals surface area contributed by atoms with E-state index in [-0.39, 0.29) is 18.1 Å². The van der Waals surface area contributed by atoms with Crippen LogP contribution in [0.5, 0.6) is 0 Å². The Morgan fingerprint density at radius 2 is 1.85 bits per heavy atom. The minimum absolute atomic E-state index is 0.119. The van der Waals surface area contributed by atoms with Crippen LogP contribution >= 0.6 is 11.8 Å². The van der Waals surface area contributed by atoms with E-state index >= 15 is 0 Å². The van der Waals surface area contributed by atoms with E-state index in [1.165, 1.54) is 23.9 Å². The number of hydrogen-bond donors (Lipinski definition) is 2. The number of amides is 2. The van der Waals surface area contributed by atoms with Crippen LogP contribution < -0.4 is 11.1 Å². The molecule has 0 aliphatic rings. The van der Waals surface area contributed by atoms with Crippen LogP contribution in [0.4, 0.5) is 10.1 Å². The van der Waals surface area contributed by atoms with Gasteiger partial charge in [0, 0.05) is 23.5 Å². The van der Waals surface area contributed by atoms with E-state index in [1.807, 2.05) is 13.8 Å². The standard InChI is InChI=1S/C18H21FN4O2S/c1-10-4-5-13(19)8-15(10)23-17(25)7-6-14-11(2)21-18(22-12(14)3)26-9-16(20)24/h4-5,8H,6-7,9H2,1-3H3,(H2,20,24)(H,23,25). The van der Waals surface area contributed by atoms with Crippen LogP contribution in [0.15, 0.2) is 23.4 Å². The maximum atomic E-state index is 13.3. The molecule has 2 aromatic rings. The molecule has 0 bridgehead atoms. The predicted octanol–water partition coefficient (Wildman–Crippen LogP) is 2.69. The van der Waals surface area contributed by atoms with Crippen molar-refractivity contribution < 1.29 is 14.0 Å². The topological polar surface area (TPSA) is 98.0 Å². The third-order valence-electron chi connectivity index (χ3n) is 3.82. The van der Waals surface area contributed by atoms with Gasteiger partial charge in [-0.2, -0.15) is 0 Å². The number of nitrogens with one attached hydrogen (secondary N) is 1. The molecule has 138 valence electrons. The van der Waals surface area contributed by atoms with Crippen molar-refractivity contribution >= 4 is 29.3 Å². The van der Waals surface area contributed by atoms with Gasteiger partial charge in [-0.15, -0.1) is 0 Å². The third kappa shape index (κ3) is 5.52. The molecular formula is C18H21FN4O2S. The quantitative estimate of drug-likeness (QED) is 0.572. The summed E-state index contributed by atoms with van der Waals surface area (Å²) in [5.41, 5.74) is 8.81. The van der Waals surface area contributed by atoms with E-state index in [0.29, 0.717) is 17.3 Å². The number of thioether (sulfide) groups is 1. The number of aromatic nitrogens is 2. The number of rotatable bonds is 7. The summed E-state index contributed by atoms with van der Waals surface area (Å²) < 4.78 is 13.3. The molecule has 8 heteroatoms. The molecule has 3 N–H and O–H groups in total. The number of hydrogen-bond acceptors (Lipinski definition) is 5. The monoisotopic (exact) mass is 376 g/mol. The maximum Gasteiger partial charge on any atom is 0.227 e. The highest BCUT2D eigenvalue weighted by atomic mass is 32.2. The molecule has 2 amide bonds. The Morgan fingerprint density at radius 3 is 2.46 bits per heavy atom. The van der Waals surface area contributed by atoms with Gasteiger partial charge in [0.2, 0.25) is 11.8 Å². The van der Waals surface area contributed by atoms with Crippen LogP contribution in [0.25, 0.3) is 0 Å². The van der Waals surface area contributed by atoms with Gasteiger partial charge in [0.05, 0.1) is 5.75 Å². The summed E-state index contributed by atoms with van der Waals surface area (Å²) in [6.45, 7) is 5.49. The van der Waals surface area contributed by atoms with Gasteiger partial charge in [-0.05, 0) is 50.5 Å². The molecule has 26 heavy (non-hydrogen) atoms. The second-order valence-corrected chi connectivity index (χ2v) is 6.86. The number of carbonyl (C=O) groups is 2. The van der Waals surface area contributed by atoms with E-state index in [9.17, 15) is 14.0 Å². The van der Waals surface area contributed by atoms with E-state index < -0.39 is 11.7 Å². The zero-order valence-corrected chi connectivity index (χ0v) is 15.7. The van der Waals surface area contributed by atoms with E-state index in [0.717, 1.165) is 22.5 Å². The molecule has 0 fully saturated rings. The molecule has 0 aliphatic carbocycles. The molecule has 1 aromatic heterocycles. The van der Waals surface area contributed by atoms with Crippen molar-refractivity contribution in [2.24, 2.45) is 5.73 Å². The largest absolute Gasteiger partial charge is 0.369 e. The number of carbonyl (C=O) groups excluding carboxylic acids is 2. The lowest BCUT2D eigenvalue weighted by molar-refractivity contribution is -0.116. The minimum Gasteiger partial charge on any atom is -0.369 e. The first-order valence-electron chi connectivity index (χ1n) is 8.07. The molecule has 2 rings (SSSR count). The first kappa shape index (κ1) is 19.8. The lowest BCUT2D eigenvalue weighted by Gasteiger charge is -2.11. The summed E-state index contributed by atoms with van der Waals surface area (Å²) in [6, 6.07) is 4.28. The van der Waals surface area contributed by atoms with Crippen molar-refractivity contribution in [1.29, 1.82) is 0 Å². The number of aryl methyl sites for hydroxylation is 3. The molecular weight excluding hydrogens is 355 g/mol. The summed E-state index contributed by atoms with van der Waals surface area (Å²) in [5, 5.41) is 3.22. The molecule has 0 aliphatic heterocycles. The first-order valence-corrected chi connectivity index (χ1v) is 9.06. The zero-order valence-electron chi connectivity index (χ0n) is 14.9. The van der Waals surface area contributed by atoms with Crippen molar-refractivity contribution in [3.05, 3.63) is 46.5 Å². The van der Waals surface area contributed by atoms with Gasteiger partial charge < -0.3 is 11.1 Å². The molecule has 0 unspecified atom stereocenters.